The van der Waals surface area contributed by atoms with Crippen LogP contribution in [0.2, 0.25) is 10.0 Å². The molecule has 0 bridgehead atoms. The number of nitrogens with one attached hydrogen (secondary N) is 2. The fraction of sp³-hybridized carbons (Fsp3) is 0.438. The molecule has 126 valence electrons. The van der Waals surface area contributed by atoms with Crippen molar-refractivity contribution in [2.75, 3.05) is 19.7 Å². The van der Waals surface area contributed by atoms with Gasteiger partial charge in [0.15, 0.2) is 0 Å². The second-order valence-corrected chi connectivity index (χ2v) is 6.23. The van der Waals surface area contributed by atoms with Gasteiger partial charge in [-0.3, -0.25) is 0 Å². The van der Waals surface area contributed by atoms with Crippen LogP contribution in [0.25, 0.3) is 0 Å². The van der Waals surface area contributed by atoms with E-state index in [9.17, 15) is 9.90 Å². The summed E-state index contributed by atoms with van der Waals surface area (Å²) in [4.78, 5) is 11.3. The first-order valence-corrected chi connectivity index (χ1v) is 8.21. The maximum atomic E-state index is 11.3. The monoisotopic (exact) mass is 358 g/mol. The molecule has 23 heavy (non-hydrogen) atoms. The highest BCUT2D eigenvalue weighted by Gasteiger charge is 2.29. The van der Waals surface area contributed by atoms with Crippen molar-refractivity contribution >= 4 is 29.3 Å². The van der Waals surface area contributed by atoms with E-state index >= 15 is 0 Å². The van der Waals surface area contributed by atoms with Crippen LogP contribution in [0.1, 0.15) is 24.4 Å². The number of rotatable bonds is 6. The number of piperidine rings is 1. The van der Waals surface area contributed by atoms with Crippen LogP contribution in [0, 0.1) is 5.92 Å². The lowest BCUT2D eigenvalue weighted by molar-refractivity contribution is 0.179. The second-order valence-electron chi connectivity index (χ2n) is 5.42. The maximum absolute atomic E-state index is 11.3. The molecule has 1 atom stereocenters. The van der Waals surface area contributed by atoms with Gasteiger partial charge in [-0.2, -0.15) is 0 Å². The van der Waals surface area contributed by atoms with Gasteiger partial charge in [0, 0.05) is 11.6 Å². The maximum Gasteiger partial charge on any atom is 0.405 e. The van der Waals surface area contributed by atoms with Crippen LogP contribution in [0.5, 0.6) is 5.75 Å². The molecule has 1 saturated heterocycles. The second kappa shape index (κ2) is 8.43. The Bertz CT molecular complexity index is 575. The van der Waals surface area contributed by atoms with Crippen LogP contribution in [0.15, 0.2) is 24.8 Å². The third-order valence-corrected chi connectivity index (χ3v) is 4.60. The Kier molecular flexibility index (Phi) is 6.57. The Morgan fingerprint density at radius 2 is 2.09 bits per heavy atom. The van der Waals surface area contributed by atoms with Crippen molar-refractivity contribution < 1.29 is 14.6 Å². The van der Waals surface area contributed by atoms with Crippen molar-refractivity contribution in [3.8, 4) is 5.75 Å². The fourth-order valence-corrected chi connectivity index (χ4v) is 3.15. The van der Waals surface area contributed by atoms with Gasteiger partial charge in [0.1, 0.15) is 12.4 Å². The summed E-state index contributed by atoms with van der Waals surface area (Å²) in [6.07, 6.45) is 2.28. The molecular weight excluding hydrogens is 339 g/mol. The first-order chi connectivity index (χ1) is 11.0. The highest BCUT2D eigenvalue weighted by atomic mass is 35.5. The number of benzene rings is 1. The van der Waals surface area contributed by atoms with Gasteiger partial charge in [0.05, 0.1) is 16.1 Å². The summed E-state index contributed by atoms with van der Waals surface area (Å²) in [5, 5.41) is 15.9. The van der Waals surface area contributed by atoms with Crippen LogP contribution < -0.4 is 15.4 Å². The molecule has 1 aromatic carbocycles. The molecule has 1 unspecified atom stereocenters. The van der Waals surface area contributed by atoms with Gasteiger partial charge in [0.2, 0.25) is 0 Å². The standard InChI is InChI=1S/C16H20Cl2N2O3/c1-2-7-23-14-9-13(18)12(17)8-11(14)15(20-16(21)22)10-3-5-19-6-4-10/h2,8-10,15,19-20H,1,3-7H2,(H,21,22). The lowest BCUT2D eigenvalue weighted by atomic mass is 9.85. The Hall–Kier alpha value is -1.43. The largest absolute Gasteiger partial charge is 0.489 e. The summed E-state index contributed by atoms with van der Waals surface area (Å²) in [7, 11) is 0. The fourth-order valence-electron chi connectivity index (χ4n) is 2.82. The minimum absolute atomic E-state index is 0.163. The van der Waals surface area contributed by atoms with E-state index in [1.54, 1.807) is 18.2 Å². The molecule has 7 heteroatoms. The first kappa shape index (κ1) is 17.9. The zero-order valence-electron chi connectivity index (χ0n) is 12.6. The molecule has 0 saturated carbocycles. The number of ether oxygens (including phenoxy) is 1. The van der Waals surface area contributed by atoms with Crippen molar-refractivity contribution in [2.24, 2.45) is 5.92 Å². The lowest BCUT2D eigenvalue weighted by Gasteiger charge is -2.32. The van der Waals surface area contributed by atoms with Gasteiger partial charge >= 0.3 is 6.09 Å². The molecule has 0 aromatic heterocycles. The van der Waals surface area contributed by atoms with Crippen LogP contribution in [0.3, 0.4) is 0 Å². The average molecular weight is 359 g/mol. The van der Waals surface area contributed by atoms with Crippen molar-refractivity contribution in [3.63, 3.8) is 0 Å². The smallest absolute Gasteiger partial charge is 0.405 e. The van der Waals surface area contributed by atoms with E-state index in [0.29, 0.717) is 28.0 Å². The van der Waals surface area contributed by atoms with Crippen LogP contribution in [-0.4, -0.2) is 30.9 Å². The molecule has 5 nitrogen and oxygen atoms in total. The molecule has 1 fully saturated rings. The summed E-state index contributed by atoms with van der Waals surface area (Å²) in [5.74, 6) is 0.687. The third kappa shape index (κ3) is 4.77. The summed E-state index contributed by atoms with van der Waals surface area (Å²) < 4.78 is 5.67. The van der Waals surface area contributed by atoms with Crippen LogP contribution >= 0.6 is 23.2 Å². The zero-order chi connectivity index (χ0) is 16.8. The summed E-state index contributed by atoms with van der Waals surface area (Å²) in [6.45, 7) is 5.64. The number of carbonyl (C=O) groups is 1. The summed E-state index contributed by atoms with van der Waals surface area (Å²) >= 11 is 12.2. The van der Waals surface area contributed by atoms with Gasteiger partial charge in [-0.1, -0.05) is 35.9 Å². The number of hydrogen-bond donors (Lipinski definition) is 3. The quantitative estimate of drug-likeness (QED) is 0.675. The van der Waals surface area contributed by atoms with E-state index in [4.69, 9.17) is 27.9 Å². The van der Waals surface area contributed by atoms with E-state index in [1.807, 2.05) is 0 Å². The van der Waals surface area contributed by atoms with E-state index in [1.165, 1.54) is 0 Å². The van der Waals surface area contributed by atoms with Crippen LogP contribution in [0.4, 0.5) is 4.79 Å². The molecule has 1 amide bonds. The Morgan fingerprint density at radius 1 is 1.43 bits per heavy atom. The van der Waals surface area contributed by atoms with Crippen molar-refractivity contribution in [1.29, 1.82) is 0 Å². The zero-order valence-corrected chi connectivity index (χ0v) is 14.2. The molecule has 1 aliphatic heterocycles. The Labute approximate surface area is 145 Å². The number of carboxylic acid groups (broad SMARTS) is 1. The van der Waals surface area contributed by atoms with Gasteiger partial charge in [-0.15, -0.1) is 0 Å². The topological polar surface area (TPSA) is 70.6 Å². The Balaban J connectivity index is 2.40. The van der Waals surface area contributed by atoms with Crippen molar-refractivity contribution in [3.05, 3.63) is 40.4 Å². The number of hydrogen-bond acceptors (Lipinski definition) is 3. The molecule has 0 aliphatic carbocycles. The average Bonchev–Trinajstić information content (AvgIpc) is 2.54. The first-order valence-electron chi connectivity index (χ1n) is 7.45. The van der Waals surface area contributed by atoms with Gasteiger partial charge in [-0.05, 0) is 37.9 Å². The van der Waals surface area contributed by atoms with Gasteiger partial charge < -0.3 is 20.5 Å². The van der Waals surface area contributed by atoms with Gasteiger partial charge in [0.25, 0.3) is 0 Å². The van der Waals surface area contributed by atoms with Crippen molar-refractivity contribution in [2.45, 2.75) is 18.9 Å². The SMILES string of the molecule is C=CCOc1cc(Cl)c(Cl)cc1C(NC(=O)O)C1CCNCC1. The lowest BCUT2D eigenvalue weighted by Crippen LogP contribution is -2.38. The highest BCUT2D eigenvalue weighted by Crippen LogP contribution is 2.39. The minimum atomic E-state index is -1.07. The van der Waals surface area contributed by atoms with E-state index in [-0.39, 0.29) is 5.92 Å². The minimum Gasteiger partial charge on any atom is -0.489 e. The number of halogens is 2. The highest BCUT2D eigenvalue weighted by molar-refractivity contribution is 6.42. The van der Waals surface area contributed by atoms with E-state index in [0.717, 1.165) is 25.9 Å². The molecular formula is C16H20Cl2N2O3. The summed E-state index contributed by atoms with van der Waals surface area (Å²) in [5.41, 5.74) is 0.704. The molecule has 2 rings (SSSR count). The molecule has 1 aliphatic rings. The molecule has 0 radical (unpaired) electrons. The predicted molar refractivity (Wildman–Crippen MR) is 91.6 cm³/mol. The molecule has 3 N–H and O–H groups in total. The summed E-state index contributed by atoms with van der Waals surface area (Å²) in [6, 6.07) is 2.91. The normalized spacial score (nSPS) is 16.6. The number of amides is 1. The van der Waals surface area contributed by atoms with E-state index < -0.39 is 12.1 Å². The Morgan fingerprint density at radius 3 is 2.70 bits per heavy atom. The van der Waals surface area contributed by atoms with E-state index in [2.05, 4.69) is 17.2 Å². The van der Waals surface area contributed by atoms with Crippen LogP contribution in [-0.2, 0) is 0 Å². The van der Waals surface area contributed by atoms with Gasteiger partial charge in [-0.25, -0.2) is 4.79 Å². The molecule has 1 heterocycles. The molecule has 1 aromatic rings. The predicted octanol–water partition coefficient (Wildman–Crippen LogP) is 3.87. The molecule has 0 spiro atoms. The third-order valence-electron chi connectivity index (χ3n) is 3.88. The van der Waals surface area contributed by atoms with Crippen molar-refractivity contribution in [1.82, 2.24) is 10.6 Å².